The van der Waals surface area contributed by atoms with Gasteiger partial charge in [-0.3, -0.25) is 4.79 Å². The molecule has 1 aromatic heterocycles. The Morgan fingerprint density at radius 3 is 2.68 bits per heavy atom. The highest BCUT2D eigenvalue weighted by molar-refractivity contribution is 7.16. The van der Waals surface area contributed by atoms with E-state index in [-0.39, 0.29) is 5.91 Å². The van der Waals surface area contributed by atoms with Crippen molar-refractivity contribution in [3.05, 3.63) is 16.9 Å². The van der Waals surface area contributed by atoms with Crippen LogP contribution in [0.3, 0.4) is 0 Å². The summed E-state index contributed by atoms with van der Waals surface area (Å²) in [6.45, 7) is 6.04. The summed E-state index contributed by atoms with van der Waals surface area (Å²) in [5.74, 6) is 1.49. The second-order valence-corrected chi connectivity index (χ2v) is 6.21. The van der Waals surface area contributed by atoms with Gasteiger partial charge in [0.05, 0.1) is 10.2 Å². The third-order valence-corrected chi connectivity index (χ3v) is 4.67. The maximum Gasteiger partial charge on any atom is 0.248 e. The van der Waals surface area contributed by atoms with Crippen molar-refractivity contribution >= 4 is 27.5 Å². The maximum absolute atomic E-state index is 11.9. The molecule has 1 aliphatic heterocycles. The number of hydrogen-bond donors (Lipinski definition) is 0. The van der Waals surface area contributed by atoms with E-state index in [0.717, 1.165) is 45.9 Å². The molecule has 0 fully saturated rings. The first kappa shape index (κ1) is 15.1. The molecule has 1 amide bonds. The Balaban J connectivity index is 2.07. The van der Waals surface area contributed by atoms with Crippen molar-refractivity contribution < 1.29 is 14.3 Å². The maximum atomic E-state index is 11.9. The third kappa shape index (κ3) is 2.88. The lowest BCUT2D eigenvalue weighted by Gasteiger charge is -2.18. The first-order chi connectivity index (χ1) is 10.7. The number of nitrogens with zero attached hydrogens (tertiary/aromatic N) is 2. The number of carbonyl (C=O) groups is 1. The molecule has 0 saturated carbocycles. The van der Waals surface area contributed by atoms with Crippen LogP contribution in [-0.2, 0) is 11.3 Å². The minimum atomic E-state index is -0.0483. The minimum absolute atomic E-state index is 0.0483. The standard InChI is InChI=1S/C16H20N2O3S/c1-3-5-6-15(19)17-16-18(4-2)11-9-12-13(10-14(11)22-16)21-8-7-20-12/h9-10H,3-8H2,1-2H3. The Kier molecular flexibility index (Phi) is 4.47. The van der Waals surface area contributed by atoms with Crippen LogP contribution < -0.4 is 14.3 Å². The molecule has 0 unspecified atom stereocenters. The molecule has 22 heavy (non-hydrogen) atoms. The smallest absolute Gasteiger partial charge is 0.248 e. The molecule has 0 atom stereocenters. The monoisotopic (exact) mass is 320 g/mol. The van der Waals surface area contributed by atoms with Gasteiger partial charge in [0.1, 0.15) is 13.2 Å². The van der Waals surface area contributed by atoms with Gasteiger partial charge in [0, 0.05) is 25.1 Å². The number of rotatable bonds is 4. The average molecular weight is 320 g/mol. The van der Waals surface area contributed by atoms with E-state index in [1.54, 1.807) is 0 Å². The number of aryl methyl sites for hydroxylation is 1. The van der Waals surface area contributed by atoms with Crippen LogP contribution in [0.4, 0.5) is 0 Å². The van der Waals surface area contributed by atoms with Crippen LogP contribution >= 0.6 is 11.3 Å². The zero-order valence-electron chi connectivity index (χ0n) is 12.9. The summed E-state index contributed by atoms with van der Waals surface area (Å²) in [5.41, 5.74) is 1.04. The van der Waals surface area contributed by atoms with Gasteiger partial charge in [0.15, 0.2) is 16.3 Å². The first-order valence-electron chi connectivity index (χ1n) is 7.73. The number of ether oxygens (including phenoxy) is 2. The van der Waals surface area contributed by atoms with Crippen LogP contribution in [0.2, 0.25) is 0 Å². The van der Waals surface area contributed by atoms with E-state index in [4.69, 9.17) is 9.47 Å². The van der Waals surface area contributed by atoms with Crippen LogP contribution in [0.1, 0.15) is 33.1 Å². The number of benzene rings is 1. The molecule has 2 aromatic rings. The van der Waals surface area contributed by atoms with E-state index in [1.165, 1.54) is 11.3 Å². The summed E-state index contributed by atoms with van der Waals surface area (Å²) in [5, 5.41) is 0. The van der Waals surface area contributed by atoms with Crippen molar-refractivity contribution in [1.82, 2.24) is 4.57 Å². The molecule has 6 heteroatoms. The Labute approximate surface area is 133 Å². The Hall–Kier alpha value is -1.82. The van der Waals surface area contributed by atoms with Crippen LogP contribution in [0.5, 0.6) is 11.5 Å². The molecule has 118 valence electrons. The number of carbonyl (C=O) groups excluding carboxylic acids is 1. The van der Waals surface area contributed by atoms with E-state index in [0.29, 0.717) is 19.6 Å². The predicted octanol–water partition coefficient (Wildman–Crippen LogP) is 3.11. The van der Waals surface area contributed by atoms with E-state index in [1.807, 2.05) is 12.1 Å². The molecular weight excluding hydrogens is 300 g/mol. The van der Waals surface area contributed by atoms with Gasteiger partial charge in [-0.05, 0) is 13.3 Å². The zero-order valence-corrected chi connectivity index (χ0v) is 13.7. The molecule has 3 rings (SSSR count). The van der Waals surface area contributed by atoms with Gasteiger partial charge in [-0.1, -0.05) is 24.7 Å². The summed E-state index contributed by atoms with van der Waals surface area (Å²) >= 11 is 1.52. The third-order valence-electron chi connectivity index (χ3n) is 3.63. The highest BCUT2D eigenvalue weighted by atomic mass is 32.1. The van der Waals surface area contributed by atoms with Crippen molar-refractivity contribution in [1.29, 1.82) is 0 Å². The number of unbranched alkanes of at least 4 members (excludes halogenated alkanes) is 1. The van der Waals surface area contributed by atoms with Gasteiger partial charge < -0.3 is 14.0 Å². The average Bonchev–Trinajstić information content (AvgIpc) is 2.86. The summed E-state index contributed by atoms with van der Waals surface area (Å²) < 4.78 is 14.4. The largest absolute Gasteiger partial charge is 0.486 e. The molecule has 0 aliphatic carbocycles. The highest BCUT2D eigenvalue weighted by Crippen LogP contribution is 2.35. The molecule has 1 aliphatic rings. The molecule has 2 heterocycles. The van der Waals surface area contributed by atoms with Crippen molar-refractivity contribution in [3.63, 3.8) is 0 Å². The molecule has 0 spiro atoms. The normalized spacial score (nSPS) is 14.5. The lowest BCUT2D eigenvalue weighted by Crippen LogP contribution is -2.17. The second-order valence-electron chi connectivity index (χ2n) is 5.20. The molecule has 5 nitrogen and oxygen atoms in total. The zero-order chi connectivity index (χ0) is 15.5. The molecule has 0 radical (unpaired) electrons. The van der Waals surface area contributed by atoms with E-state index in [9.17, 15) is 4.79 Å². The fourth-order valence-electron chi connectivity index (χ4n) is 2.49. The topological polar surface area (TPSA) is 52.8 Å². The summed E-state index contributed by atoms with van der Waals surface area (Å²) in [6.07, 6.45) is 2.40. The molecule has 0 N–H and O–H groups in total. The van der Waals surface area contributed by atoms with Crippen LogP contribution in [-0.4, -0.2) is 23.7 Å². The van der Waals surface area contributed by atoms with Gasteiger partial charge >= 0.3 is 0 Å². The fraction of sp³-hybridized carbons (Fsp3) is 0.500. The molecule has 1 aromatic carbocycles. The Morgan fingerprint density at radius 1 is 1.27 bits per heavy atom. The van der Waals surface area contributed by atoms with Gasteiger partial charge in [-0.25, -0.2) is 0 Å². The second kappa shape index (κ2) is 6.52. The summed E-state index contributed by atoms with van der Waals surface area (Å²) in [4.78, 5) is 17.0. The Bertz CT molecular complexity index is 761. The van der Waals surface area contributed by atoms with E-state index in [2.05, 4.69) is 23.4 Å². The highest BCUT2D eigenvalue weighted by Gasteiger charge is 2.16. The SMILES string of the molecule is CCCCC(=O)N=c1sc2cc3c(cc2n1CC)OCCO3. The quantitative estimate of drug-likeness (QED) is 0.870. The van der Waals surface area contributed by atoms with Crippen LogP contribution in [0.15, 0.2) is 17.1 Å². The van der Waals surface area contributed by atoms with Gasteiger partial charge in [0.2, 0.25) is 5.91 Å². The number of fused-ring (bicyclic) bond motifs is 2. The van der Waals surface area contributed by atoms with Gasteiger partial charge in [0.25, 0.3) is 0 Å². The number of aromatic nitrogens is 1. The van der Waals surface area contributed by atoms with Crippen LogP contribution in [0, 0.1) is 0 Å². The van der Waals surface area contributed by atoms with Gasteiger partial charge in [-0.2, -0.15) is 4.99 Å². The minimum Gasteiger partial charge on any atom is -0.486 e. The molecule has 0 bridgehead atoms. The lowest BCUT2D eigenvalue weighted by molar-refractivity contribution is -0.118. The molecular formula is C16H20N2O3S. The summed E-state index contributed by atoms with van der Waals surface area (Å²) in [7, 11) is 0. The van der Waals surface area contributed by atoms with Gasteiger partial charge in [-0.15, -0.1) is 0 Å². The Morgan fingerprint density at radius 2 is 2.00 bits per heavy atom. The number of hydrogen-bond acceptors (Lipinski definition) is 4. The van der Waals surface area contributed by atoms with Crippen LogP contribution in [0.25, 0.3) is 10.2 Å². The van der Waals surface area contributed by atoms with Crippen molar-refractivity contribution in [2.24, 2.45) is 4.99 Å². The van der Waals surface area contributed by atoms with Crippen molar-refractivity contribution in [2.45, 2.75) is 39.7 Å². The van der Waals surface area contributed by atoms with E-state index < -0.39 is 0 Å². The van der Waals surface area contributed by atoms with E-state index >= 15 is 0 Å². The number of amides is 1. The first-order valence-corrected chi connectivity index (χ1v) is 8.55. The van der Waals surface area contributed by atoms with Crippen molar-refractivity contribution in [2.75, 3.05) is 13.2 Å². The number of thiazole rings is 1. The summed E-state index contributed by atoms with van der Waals surface area (Å²) in [6, 6.07) is 3.97. The fourth-order valence-corrected chi connectivity index (χ4v) is 3.61. The molecule has 0 saturated heterocycles. The lowest BCUT2D eigenvalue weighted by atomic mass is 10.2. The van der Waals surface area contributed by atoms with Crippen molar-refractivity contribution in [3.8, 4) is 11.5 Å². The predicted molar refractivity (Wildman–Crippen MR) is 86.6 cm³/mol.